The van der Waals surface area contributed by atoms with Gasteiger partial charge < -0.3 is 10.1 Å². The Bertz CT molecular complexity index is 446. The van der Waals surface area contributed by atoms with Crippen molar-refractivity contribution in [3.8, 4) is 5.75 Å². The number of benzene rings is 1. The number of hydrogen-bond donors (Lipinski definition) is 1. The van der Waals surface area contributed by atoms with E-state index in [1.165, 1.54) is 12.1 Å². The van der Waals surface area contributed by atoms with Gasteiger partial charge in [0.1, 0.15) is 0 Å². The van der Waals surface area contributed by atoms with E-state index in [-0.39, 0.29) is 24.0 Å². The summed E-state index contributed by atoms with van der Waals surface area (Å²) in [7, 11) is 0. The molecule has 6 nitrogen and oxygen atoms in total. The number of hydrogen-bond acceptors (Lipinski definition) is 4. The van der Waals surface area contributed by atoms with Gasteiger partial charge in [-0.3, -0.25) is 14.9 Å². The predicted molar refractivity (Wildman–Crippen MR) is 66.6 cm³/mol. The minimum atomic E-state index is -0.522. The number of carbonyl (C=O) groups is 1. The molecule has 1 N–H and O–H groups in total. The van der Waals surface area contributed by atoms with Crippen LogP contribution in [0, 0.1) is 17.0 Å². The van der Waals surface area contributed by atoms with Crippen LogP contribution in [0.4, 0.5) is 5.69 Å². The molecule has 0 unspecified atom stereocenters. The minimum absolute atomic E-state index is 0.109. The normalized spacial score (nSPS) is 9.89. The molecular formula is C12H16N2O4. The summed E-state index contributed by atoms with van der Waals surface area (Å²) in [6.45, 7) is 4.04. The predicted octanol–water partition coefficient (Wildman–Crippen LogP) is 1.81. The van der Waals surface area contributed by atoms with Gasteiger partial charge in [0.15, 0.2) is 12.4 Å². The van der Waals surface area contributed by atoms with Gasteiger partial charge >= 0.3 is 5.69 Å². The molecule has 0 saturated carbocycles. The SMILES string of the molecule is CCCNC(=O)COc1ccc(C)cc1[N+](=O)[O-]. The zero-order chi connectivity index (χ0) is 13.5. The highest BCUT2D eigenvalue weighted by atomic mass is 16.6. The summed E-state index contributed by atoms with van der Waals surface area (Å²) in [4.78, 5) is 21.6. The summed E-state index contributed by atoms with van der Waals surface area (Å²) in [6.07, 6.45) is 0.830. The molecule has 0 bridgehead atoms. The van der Waals surface area contributed by atoms with E-state index in [4.69, 9.17) is 4.74 Å². The topological polar surface area (TPSA) is 81.5 Å². The molecule has 0 aliphatic heterocycles. The van der Waals surface area contributed by atoms with Crippen molar-refractivity contribution in [3.63, 3.8) is 0 Å². The van der Waals surface area contributed by atoms with Crippen LogP contribution in [0.3, 0.4) is 0 Å². The first-order chi connectivity index (χ1) is 8.54. The van der Waals surface area contributed by atoms with Crippen molar-refractivity contribution in [2.75, 3.05) is 13.2 Å². The zero-order valence-electron chi connectivity index (χ0n) is 10.4. The second-order valence-electron chi connectivity index (χ2n) is 3.87. The number of amides is 1. The number of aryl methyl sites for hydroxylation is 1. The fourth-order valence-corrected chi connectivity index (χ4v) is 1.35. The molecule has 1 aromatic rings. The number of nitrogens with zero attached hydrogens (tertiary/aromatic N) is 1. The van der Waals surface area contributed by atoms with Crippen molar-refractivity contribution in [3.05, 3.63) is 33.9 Å². The average molecular weight is 252 g/mol. The maximum Gasteiger partial charge on any atom is 0.311 e. The minimum Gasteiger partial charge on any atom is -0.477 e. The largest absolute Gasteiger partial charge is 0.477 e. The fourth-order valence-electron chi connectivity index (χ4n) is 1.35. The molecule has 0 atom stereocenters. The molecule has 98 valence electrons. The lowest BCUT2D eigenvalue weighted by molar-refractivity contribution is -0.385. The van der Waals surface area contributed by atoms with Crippen LogP contribution in [0.25, 0.3) is 0 Å². The molecule has 1 aromatic carbocycles. The fraction of sp³-hybridized carbons (Fsp3) is 0.417. The van der Waals surface area contributed by atoms with Crippen LogP contribution in [0.5, 0.6) is 5.75 Å². The first kappa shape index (κ1) is 14.0. The highest BCUT2D eigenvalue weighted by Gasteiger charge is 2.15. The van der Waals surface area contributed by atoms with E-state index < -0.39 is 4.92 Å². The third-order valence-electron chi connectivity index (χ3n) is 2.24. The lowest BCUT2D eigenvalue weighted by atomic mass is 10.2. The summed E-state index contributed by atoms with van der Waals surface area (Å²) >= 11 is 0. The van der Waals surface area contributed by atoms with E-state index in [1.54, 1.807) is 13.0 Å². The van der Waals surface area contributed by atoms with Gasteiger partial charge in [-0.1, -0.05) is 13.0 Å². The highest BCUT2D eigenvalue weighted by Crippen LogP contribution is 2.27. The lowest BCUT2D eigenvalue weighted by Gasteiger charge is -2.07. The van der Waals surface area contributed by atoms with Crippen LogP contribution < -0.4 is 10.1 Å². The molecule has 6 heteroatoms. The summed E-state index contributed by atoms with van der Waals surface area (Å²) in [5.41, 5.74) is 0.641. The molecule has 0 aliphatic carbocycles. The number of nitro benzene ring substituents is 1. The van der Waals surface area contributed by atoms with Crippen LogP contribution in [0.15, 0.2) is 18.2 Å². The second kappa shape index (κ2) is 6.58. The van der Waals surface area contributed by atoms with Crippen molar-refractivity contribution in [1.29, 1.82) is 0 Å². The van der Waals surface area contributed by atoms with Crippen LogP contribution in [-0.4, -0.2) is 24.0 Å². The summed E-state index contributed by atoms with van der Waals surface area (Å²) in [5, 5.41) is 13.4. The Labute approximate surface area is 105 Å². The Balaban J connectivity index is 2.67. The molecule has 0 aliphatic rings. The third kappa shape index (κ3) is 4.04. The first-order valence-electron chi connectivity index (χ1n) is 5.69. The van der Waals surface area contributed by atoms with E-state index in [0.29, 0.717) is 6.54 Å². The Morgan fingerprint density at radius 3 is 2.83 bits per heavy atom. The summed E-state index contributed by atoms with van der Waals surface area (Å²) < 4.78 is 5.16. The maximum absolute atomic E-state index is 11.3. The molecule has 0 spiro atoms. The molecule has 18 heavy (non-hydrogen) atoms. The number of carbonyl (C=O) groups excluding carboxylic acids is 1. The quantitative estimate of drug-likeness (QED) is 0.618. The molecule has 0 saturated heterocycles. The van der Waals surface area contributed by atoms with E-state index in [1.807, 2.05) is 6.92 Å². The molecule has 0 radical (unpaired) electrons. The molecule has 1 rings (SSSR count). The third-order valence-corrected chi connectivity index (χ3v) is 2.24. The van der Waals surface area contributed by atoms with Crippen LogP contribution >= 0.6 is 0 Å². The average Bonchev–Trinajstić information content (AvgIpc) is 2.34. The Kier molecular flexibility index (Phi) is 5.10. The van der Waals surface area contributed by atoms with Gasteiger partial charge in [0.25, 0.3) is 5.91 Å². The van der Waals surface area contributed by atoms with Gasteiger partial charge in [0.2, 0.25) is 0 Å². The first-order valence-corrected chi connectivity index (χ1v) is 5.69. The number of ether oxygens (including phenoxy) is 1. The smallest absolute Gasteiger partial charge is 0.311 e. The van der Waals surface area contributed by atoms with E-state index >= 15 is 0 Å². The van der Waals surface area contributed by atoms with Crippen molar-refractivity contribution in [2.24, 2.45) is 0 Å². The van der Waals surface area contributed by atoms with E-state index in [9.17, 15) is 14.9 Å². The number of nitro groups is 1. The van der Waals surface area contributed by atoms with Gasteiger partial charge in [-0.05, 0) is 25.0 Å². The Morgan fingerprint density at radius 2 is 2.22 bits per heavy atom. The van der Waals surface area contributed by atoms with E-state index in [0.717, 1.165) is 12.0 Å². The van der Waals surface area contributed by atoms with Crippen LogP contribution in [0.2, 0.25) is 0 Å². The van der Waals surface area contributed by atoms with Crippen LogP contribution in [-0.2, 0) is 4.79 Å². The molecule has 0 aromatic heterocycles. The number of rotatable bonds is 6. The van der Waals surface area contributed by atoms with Crippen molar-refractivity contribution in [2.45, 2.75) is 20.3 Å². The standard InChI is InChI=1S/C12H16N2O4/c1-3-6-13-12(15)8-18-11-5-4-9(2)7-10(11)14(16)17/h4-5,7H,3,6,8H2,1-2H3,(H,13,15). The highest BCUT2D eigenvalue weighted by molar-refractivity contribution is 5.77. The summed E-state index contributed by atoms with van der Waals surface area (Å²) in [6, 6.07) is 4.62. The van der Waals surface area contributed by atoms with Crippen molar-refractivity contribution >= 4 is 11.6 Å². The molecular weight excluding hydrogens is 236 g/mol. The second-order valence-corrected chi connectivity index (χ2v) is 3.87. The van der Waals surface area contributed by atoms with Gasteiger partial charge in [0.05, 0.1) is 4.92 Å². The van der Waals surface area contributed by atoms with Gasteiger partial charge in [-0.2, -0.15) is 0 Å². The monoisotopic (exact) mass is 252 g/mol. The van der Waals surface area contributed by atoms with Crippen molar-refractivity contribution < 1.29 is 14.5 Å². The Hall–Kier alpha value is -2.11. The van der Waals surface area contributed by atoms with Gasteiger partial charge in [-0.15, -0.1) is 0 Å². The van der Waals surface area contributed by atoms with Gasteiger partial charge in [-0.25, -0.2) is 0 Å². The van der Waals surface area contributed by atoms with Crippen molar-refractivity contribution in [1.82, 2.24) is 5.32 Å². The molecule has 0 fully saturated rings. The zero-order valence-corrected chi connectivity index (χ0v) is 10.4. The summed E-state index contributed by atoms with van der Waals surface area (Å²) in [5.74, 6) is -0.177. The van der Waals surface area contributed by atoms with Crippen LogP contribution in [0.1, 0.15) is 18.9 Å². The number of nitrogens with one attached hydrogen (secondary N) is 1. The Morgan fingerprint density at radius 1 is 1.50 bits per heavy atom. The van der Waals surface area contributed by atoms with E-state index in [2.05, 4.69) is 5.32 Å². The maximum atomic E-state index is 11.3. The molecule has 0 heterocycles. The lowest BCUT2D eigenvalue weighted by Crippen LogP contribution is -2.29. The van der Waals surface area contributed by atoms with Gasteiger partial charge in [0, 0.05) is 12.6 Å². The molecule has 1 amide bonds.